The van der Waals surface area contributed by atoms with E-state index in [4.69, 9.17) is 0 Å². The molecule has 7 nitrogen and oxygen atoms in total. The van der Waals surface area contributed by atoms with Crippen LogP contribution in [0.5, 0.6) is 0 Å². The maximum atomic E-state index is 12.9. The Hall–Kier alpha value is -2.96. The second kappa shape index (κ2) is 8.37. The Kier molecular flexibility index (Phi) is 5.92. The number of nitrogens with zero attached hydrogens (tertiary/aromatic N) is 3. The average Bonchev–Trinajstić information content (AvgIpc) is 2.69. The number of carbonyl (C=O) groups is 2. The molecule has 1 aliphatic rings. The maximum Gasteiger partial charge on any atom is 0.258 e. The van der Waals surface area contributed by atoms with Gasteiger partial charge in [-0.1, -0.05) is 12.1 Å². The largest absolute Gasteiger partial charge is 0.342 e. The van der Waals surface area contributed by atoms with Gasteiger partial charge in [-0.15, -0.1) is 0 Å². The minimum atomic E-state index is -0.328. The van der Waals surface area contributed by atoms with Crippen LogP contribution in [0.1, 0.15) is 47.8 Å². The Morgan fingerprint density at radius 2 is 1.86 bits per heavy atom. The van der Waals surface area contributed by atoms with Crippen molar-refractivity contribution in [1.82, 2.24) is 9.55 Å². The summed E-state index contributed by atoms with van der Waals surface area (Å²) < 4.78 is 1.46. The second-order valence-corrected chi connectivity index (χ2v) is 7.25. The fourth-order valence-electron chi connectivity index (χ4n) is 3.38. The van der Waals surface area contributed by atoms with E-state index in [1.165, 1.54) is 17.9 Å². The van der Waals surface area contributed by atoms with E-state index in [0.29, 0.717) is 28.5 Å². The van der Waals surface area contributed by atoms with Crippen LogP contribution in [0.2, 0.25) is 0 Å². The van der Waals surface area contributed by atoms with Gasteiger partial charge in [0.05, 0.1) is 0 Å². The van der Waals surface area contributed by atoms with Crippen molar-refractivity contribution in [2.75, 3.05) is 23.3 Å². The number of nitrogens with one attached hydrogen (secondary N) is 1. The molecule has 1 saturated heterocycles. The van der Waals surface area contributed by atoms with Crippen molar-refractivity contribution < 1.29 is 9.59 Å². The molecule has 0 aliphatic carbocycles. The lowest BCUT2D eigenvalue weighted by Gasteiger charge is -2.30. The number of aryl methyl sites for hydroxylation is 1. The number of hydrogen-bond acceptors (Lipinski definition) is 5. The first-order chi connectivity index (χ1) is 13.4. The standard InChI is InChI=1S/C21H26N4O3/c1-14-15(2)22-21(24-10-5-4-6-11-24)25(20(14)28)13-19(27)23-18-9-7-8-17(12-18)16(3)26/h7-9,12H,4-6,10-11,13H2,1-3H3,(H,23,27). The topological polar surface area (TPSA) is 84.3 Å². The van der Waals surface area contributed by atoms with Crippen molar-refractivity contribution in [1.29, 1.82) is 0 Å². The molecule has 1 aliphatic heterocycles. The molecule has 0 radical (unpaired) electrons. The Labute approximate surface area is 164 Å². The normalized spacial score (nSPS) is 14.0. The van der Waals surface area contributed by atoms with Crippen molar-refractivity contribution in [3.05, 3.63) is 51.4 Å². The number of piperidine rings is 1. The van der Waals surface area contributed by atoms with Crippen LogP contribution in [0, 0.1) is 13.8 Å². The zero-order chi connectivity index (χ0) is 20.3. The van der Waals surface area contributed by atoms with Crippen molar-refractivity contribution in [2.45, 2.75) is 46.6 Å². The van der Waals surface area contributed by atoms with Gasteiger partial charge < -0.3 is 10.2 Å². The van der Waals surface area contributed by atoms with Gasteiger partial charge >= 0.3 is 0 Å². The molecule has 1 N–H and O–H groups in total. The second-order valence-electron chi connectivity index (χ2n) is 7.25. The summed E-state index contributed by atoms with van der Waals surface area (Å²) in [5, 5.41) is 2.78. The predicted octanol–water partition coefficient (Wildman–Crippen LogP) is 2.69. The highest BCUT2D eigenvalue weighted by Crippen LogP contribution is 2.18. The summed E-state index contributed by atoms with van der Waals surface area (Å²) >= 11 is 0. The lowest BCUT2D eigenvalue weighted by molar-refractivity contribution is -0.116. The number of benzene rings is 1. The zero-order valence-electron chi connectivity index (χ0n) is 16.6. The molecular formula is C21H26N4O3. The van der Waals surface area contributed by atoms with Crippen molar-refractivity contribution in [2.24, 2.45) is 0 Å². The van der Waals surface area contributed by atoms with Gasteiger partial charge in [-0.3, -0.25) is 19.0 Å². The fourth-order valence-corrected chi connectivity index (χ4v) is 3.38. The maximum absolute atomic E-state index is 12.9. The van der Waals surface area contributed by atoms with Crippen LogP contribution in [-0.4, -0.2) is 34.3 Å². The minimum Gasteiger partial charge on any atom is -0.342 e. The van der Waals surface area contributed by atoms with E-state index < -0.39 is 0 Å². The Balaban J connectivity index is 1.87. The van der Waals surface area contributed by atoms with Gasteiger partial charge in [0.15, 0.2) is 5.78 Å². The van der Waals surface area contributed by atoms with E-state index in [0.717, 1.165) is 25.9 Å². The van der Waals surface area contributed by atoms with E-state index in [2.05, 4.69) is 15.2 Å². The molecule has 0 spiro atoms. The third kappa shape index (κ3) is 4.30. The Morgan fingerprint density at radius 1 is 1.14 bits per heavy atom. The van der Waals surface area contributed by atoms with E-state index in [-0.39, 0.29) is 23.8 Å². The molecule has 1 aromatic carbocycles. The van der Waals surface area contributed by atoms with Gasteiger partial charge in [-0.05, 0) is 52.2 Å². The third-order valence-electron chi connectivity index (χ3n) is 5.11. The van der Waals surface area contributed by atoms with Crippen LogP contribution >= 0.6 is 0 Å². The van der Waals surface area contributed by atoms with Crippen LogP contribution in [0.3, 0.4) is 0 Å². The Morgan fingerprint density at radius 3 is 2.54 bits per heavy atom. The van der Waals surface area contributed by atoms with Crippen LogP contribution in [0.15, 0.2) is 29.1 Å². The highest BCUT2D eigenvalue weighted by molar-refractivity contribution is 5.97. The molecule has 0 unspecified atom stereocenters. The van der Waals surface area contributed by atoms with Crippen LogP contribution in [0.4, 0.5) is 11.6 Å². The molecule has 0 bridgehead atoms. The number of hydrogen-bond donors (Lipinski definition) is 1. The molecule has 1 amide bonds. The molecule has 0 saturated carbocycles. The van der Waals surface area contributed by atoms with Gasteiger partial charge in [0.1, 0.15) is 6.54 Å². The van der Waals surface area contributed by atoms with Gasteiger partial charge in [-0.2, -0.15) is 0 Å². The Bertz CT molecular complexity index is 959. The molecule has 0 atom stereocenters. The van der Waals surface area contributed by atoms with Crippen molar-refractivity contribution in [3.8, 4) is 0 Å². The summed E-state index contributed by atoms with van der Waals surface area (Å²) in [5.74, 6) is 0.157. The van der Waals surface area contributed by atoms with E-state index in [1.807, 2.05) is 6.92 Å². The summed E-state index contributed by atoms with van der Waals surface area (Å²) in [7, 11) is 0. The highest BCUT2D eigenvalue weighted by atomic mass is 16.2. The number of aromatic nitrogens is 2. The summed E-state index contributed by atoms with van der Waals surface area (Å²) in [4.78, 5) is 43.7. The molecule has 28 heavy (non-hydrogen) atoms. The van der Waals surface area contributed by atoms with E-state index in [9.17, 15) is 14.4 Å². The van der Waals surface area contributed by atoms with Gasteiger partial charge in [0.25, 0.3) is 5.56 Å². The van der Waals surface area contributed by atoms with Crippen LogP contribution < -0.4 is 15.8 Å². The molecule has 2 heterocycles. The first-order valence-corrected chi connectivity index (χ1v) is 9.60. The lowest BCUT2D eigenvalue weighted by atomic mass is 10.1. The van der Waals surface area contributed by atoms with Gasteiger partial charge in [0, 0.05) is 35.6 Å². The molecule has 1 aromatic heterocycles. The quantitative estimate of drug-likeness (QED) is 0.804. The monoisotopic (exact) mass is 382 g/mol. The molecule has 1 fully saturated rings. The predicted molar refractivity (Wildman–Crippen MR) is 109 cm³/mol. The number of ketones is 1. The average molecular weight is 382 g/mol. The lowest BCUT2D eigenvalue weighted by Crippen LogP contribution is -2.39. The highest BCUT2D eigenvalue weighted by Gasteiger charge is 2.21. The number of amides is 1. The molecule has 7 heteroatoms. The SMILES string of the molecule is CC(=O)c1cccc(NC(=O)Cn2c(N3CCCCC3)nc(C)c(C)c2=O)c1. The number of Topliss-reactive ketones (excluding diaryl/α,β-unsaturated/α-hetero) is 1. The minimum absolute atomic E-state index is 0.0712. The summed E-state index contributed by atoms with van der Waals surface area (Å²) in [6.07, 6.45) is 3.26. The molecule has 3 rings (SSSR count). The molecule has 148 valence electrons. The van der Waals surface area contributed by atoms with Crippen LogP contribution in [-0.2, 0) is 11.3 Å². The number of carbonyl (C=O) groups excluding carboxylic acids is 2. The van der Waals surface area contributed by atoms with Crippen molar-refractivity contribution >= 4 is 23.3 Å². The first kappa shape index (κ1) is 19.8. The van der Waals surface area contributed by atoms with E-state index >= 15 is 0 Å². The van der Waals surface area contributed by atoms with E-state index in [1.54, 1.807) is 31.2 Å². The first-order valence-electron chi connectivity index (χ1n) is 9.60. The van der Waals surface area contributed by atoms with Crippen LogP contribution in [0.25, 0.3) is 0 Å². The smallest absolute Gasteiger partial charge is 0.258 e. The summed E-state index contributed by atoms with van der Waals surface area (Å²) in [5.41, 5.74) is 2.10. The van der Waals surface area contributed by atoms with Gasteiger partial charge in [-0.25, -0.2) is 4.98 Å². The summed E-state index contributed by atoms with van der Waals surface area (Å²) in [6.45, 7) is 6.57. The molecule has 2 aromatic rings. The zero-order valence-corrected chi connectivity index (χ0v) is 16.6. The summed E-state index contributed by atoms with van der Waals surface area (Å²) in [6, 6.07) is 6.77. The fraction of sp³-hybridized carbons (Fsp3) is 0.429. The third-order valence-corrected chi connectivity index (χ3v) is 5.11. The van der Waals surface area contributed by atoms with Crippen molar-refractivity contribution in [3.63, 3.8) is 0 Å². The molecular weight excluding hydrogens is 356 g/mol. The number of anilines is 2. The number of rotatable bonds is 5. The van der Waals surface area contributed by atoms with Gasteiger partial charge in [0.2, 0.25) is 11.9 Å².